The molecule has 0 aliphatic carbocycles. The molecule has 21 heavy (non-hydrogen) atoms. The van der Waals surface area contributed by atoms with Crippen molar-refractivity contribution in [2.24, 2.45) is 4.99 Å². The van der Waals surface area contributed by atoms with Crippen molar-refractivity contribution in [1.82, 2.24) is 0 Å². The number of carboxylic acids is 2. The number of hydrogen-bond donors (Lipinski definition) is 4. The van der Waals surface area contributed by atoms with Crippen LogP contribution in [0.1, 0.15) is 0 Å². The van der Waals surface area contributed by atoms with Crippen molar-refractivity contribution in [2.45, 2.75) is 0 Å². The molecule has 0 heterocycles. The highest BCUT2D eigenvalue weighted by molar-refractivity contribution is 6.07. The maximum absolute atomic E-state index is 10.5. The summed E-state index contributed by atoms with van der Waals surface area (Å²) in [5, 5.41) is 29.1. The number of benzene rings is 1. The molecule has 0 unspecified atom stereocenters. The Morgan fingerprint density at radius 1 is 1.10 bits per heavy atom. The molecule has 0 fully saturated rings. The quantitative estimate of drug-likeness (QED) is 0.343. The number of nitrogens with one attached hydrogen (secondary N) is 1. The molecule has 110 valence electrons. The van der Waals surface area contributed by atoms with Gasteiger partial charge in [0, 0.05) is 18.0 Å². The van der Waals surface area contributed by atoms with Gasteiger partial charge in [0.05, 0.1) is 5.71 Å². The minimum atomic E-state index is -1.15. The van der Waals surface area contributed by atoms with Gasteiger partial charge >= 0.3 is 11.9 Å². The molecule has 0 bridgehead atoms. The summed E-state index contributed by atoms with van der Waals surface area (Å²) in [6.07, 6.45) is 4.99. The van der Waals surface area contributed by atoms with Gasteiger partial charge in [0.15, 0.2) is 0 Å². The third-order valence-electron chi connectivity index (χ3n) is 2.16. The summed E-state index contributed by atoms with van der Waals surface area (Å²) in [6, 6.07) is 6.28. The van der Waals surface area contributed by atoms with Crippen LogP contribution in [0.15, 0.2) is 53.7 Å². The molecule has 0 saturated heterocycles. The Bertz CT molecular complexity index is 588. The fraction of sp³-hybridized carbons (Fsp3) is 0.0714. The second-order valence-corrected chi connectivity index (χ2v) is 3.83. The molecule has 0 saturated carbocycles. The van der Waals surface area contributed by atoms with Crippen LogP contribution in [-0.4, -0.2) is 39.5 Å². The largest absolute Gasteiger partial charge is 0.508 e. The summed E-state index contributed by atoms with van der Waals surface area (Å²) >= 11 is 0. The average molecular weight is 290 g/mol. The van der Waals surface area contributed by atoms with E-state index < -0.39 is 18.5 Å². The Labute approximate surface area is 120 Å². The topological polar surface area (TPSA) is 119 Å². The predicted octanol–water partition coefficient (Wildman–Crippen LogP) is 1.48. The Morgan fingerprint density at radius 3 is 2.33 bits per heavy atom. The van der Waals surface area contributed by atoms with Crippen LogP contribution >= 0.6 is 0 Å². The number of rotatable bonds is 7. The van der Waals surface area contributed by atoms with Crippen molar-refractivity contribution in [2.75, 3.05) is 11.9 Å². The van der Waals surface area contributed by atoms with Crippen molar-refractivity contribution in [3.63, 3.8) is 0 Å². The number of nitrogens with zero attached hydrogens (tertiary/aromatic N) is 1. The van der Waals surface area contributed by atoms with Crippen LogP contribution in [0.3, 0.4) is 0 Å². The number of anilines is 1. The number of carboxylic acid groups (broad SMARTS) is 2. The minimum absolute atomic E-state index is 0.137. The first-order valence-corrected chi connectivity index (χ1v) is 5.87. The molecule has 1 aromatic carbocycles. The maximum Gasteiger partial charge on any atom is 0.328 e. The van der Waals surface area contributed by atoms with E-state index >= 15 is 0 Å². The van der Waals surface area contributed by atoms with Gasteiger partial charge in [-0.2, -0.15) is 0 Å². The van der Waals surface area contributed by atoms with Crippen molar-refractivity contribution >= 4 is 23.3 Å². The Kier molecular flexibility index (Phi) is 6.20. The van der Waals surface area contributed by atoms with E-state index in [9.17, 15) is 9.59 Å². The Morgan fingerprint density at radius 2 is 1.76 bits per heavy atom. The Hall–Kier alpha value is -3.09. The van der Waals surface area contributed by atoms with Crippen LogP contribution in [0.5, 0.6) is 5.75 Å². The lowest BCUT2D eigenvalue weighted by molar-refractivity contribution is -0.135. The van der Waals surface area contributed by atoms with Crippen molar-refractivity contribution in [1.29, 1.82) is 0 Å². The number of phenols is 1. The highest BCUT2D eigenvalue weighted by Gasteiger charge is 1.96. The first-order valence-electron chi connectivity index (χ1n) is 5.87. The lowest BCUT2D eigenvalue weighted by Gasteiger charge is -2.00. The number of allylic oxidation sites excluding steroid dienone is 2. The van der Waals surface area contributed by atoms with E-state index in [0.29, 0.717) is 5.69 Å². The predicted molar refractivity (Wildman–Crippen MR) is 77.6 cm³/mol. The maximum atomic E-state index is 10.5. The molecule has 4 N–H and O–H groups in total. The van der Waals surface area contributed by atoms with Crippen LogP contribution < -0.4 is 5.32 Å². The first-order chi connectivity index (χ1) is 9.97. The van der Waals surface area contributed by atoms with Crippen molar-refractivity contribution < 1.29 is 24.9 Å². The van der Waals surface area contributed by atoms with Gasteiger partial charge in [0.1, 0.15) is 12.3 Å². The van der Waals surface area contributed by atoms with Gasteiger partial charge in [-0.25, -0.2) is 4.79 Å². The first kappa shape index (κ1) is 16.0. The molecule has 0 aliphatic heterocycles. The molecular formula is C14H14N2O5. The van der Waals surface area contributed by atoms with E-state index in [-0.39, 0.29) is 11.5 Å². The van der Waals surface area contributed by atoms with Gasteiger partial charge in [-0.05, 0) is 36.4 Å². The van der Waals surface area contributed by atoms with Crippen molar-refractivity contribution in [3.05, 3.63) is 48.7 Å². The zero-order valence-corrected chi connectivity index (χ0v) is 10.9. The molecular weight excluding hydrogens is 276 g/mol. The number of hydrogen-bond acceptors (Lipinski definition) is 5. The fourth-order valence-corrected chi connectivity index (χ4v) is 1.26. The van der Waals surface area contributed by atoms with E-state index in [2.05, 4.69) is 10.3 Å². The molecule has 1 rings (SSSR count). The minimum Gasteiger partial charge on any atom is -0.508 e. The summed E-state index contributed by atoms with van der Waals surface area (Å²) in [6.45, 7) is -0.456. The van der Waals surface area contributed by atoms with E-state index in [0.717, 1.165) is 6.08 Å². The van der Waals surface area contributed by atoms with Gasteiger partial charge < -0.3 is 20.6 Å². The van der Waals surface area contributed by atoms with E-state index in [1.54, 1.807) is 12.1 Å². The van der Waals surface area contributed by atoms with Crippen LogP contribution in [0.25, 0.3) is 0 Å². The molecule has 0 atom stereocenters. The van der Waals surface area contributed by atoms with Crippen molar-refractivity contribution in [3.8, 4) is 5.75 Å². The lowest BCUT2D eigenvalue weighted by atomic mass is 10.3. The summed E-state index contributed by atoms with van der Waals surface area (Å²) in [5.41, 5.74) is 0.898. The second-order valence-electron chi connectivity index (χ2n) is 3.83. The number of aliphatic imine (C=N–C) groups is 1. The van der Waals surface area contributed by atoms with Gasteiger partial charge in [0.2, 0.25) is 0 Å². The van der Waals surface area contributed by atoms with Gasteiger partial charge in [-0.3, -0.25) is 9.79 Å². The van der Waals surface area contributed by atoms with E-state index in [1.807, 2.05) is 0 Å². The third-order valence-corrected chi connectivity index (χ3v) is 2.16. The smallest absolute Gasteiger partial charge is 0.328 e. The molecule has 0 amide bonds. The zero-order valence-electron chi connectivity index (χ0n) is 10.9. The van der Waals surface area contributed by atoms with Gasteiger partial charge in [-0.15, -0.1) is 0 Å². The highest BCUT2D eigenvalue weighted by Crippen LogP contribution is 2.13. The average Bonchev–Trinajstić information content (AvgIpc) is 2.43. The van der Waals surface area contributed by atoms with Gasteiger partial charge in [-0.1, -0.05) is 0 Å². The van der Waals surface area contributed by atoms with Crippen LogP contribution in [0, 0.1) is 0 Å². The molecule has 0 spiro atoms. The standard InChI is InChI=1S/C14H14N2O5/c17-12-4-1-10(2-5-12)15-8-7-11(3-6-13(18)19)16-9-14(20)21/h1-8,15,17H,9H2,(H,18,19)(H,20,21)/b6-3+,8-7-,16-11?. The second kappa shape index (κ2) is 8.16. The summed E-state index contributed by atoms with van der Waals surface area (Å²) < 4.78 is 0. The SMILES string of the molecule is O=C(O)/C=C/C(/C=C\Nc1ccc(O)cc1)=NCC(=O)O. The normalized spacial score (nSPS) is 11.9. The lowest BCUT2D eigenvalue weighted by Crippen LogP contribution is -2.03. The summed E-state index contributed by atoms with van der Waals surface area (Å²) in [4.78, 5) is 24.6. The monoisotopic (exact) mass is 290 g/mol. The molecule has 1 aromatic rings. The number of phenolic OH excluding ortho intramolecular Hbond substituents is 1. The van der Waals surface area contributed by atoms with Crippen LogP contribution in [0.4, 0.5) is 5.69 Å². The fourth-order valence-electron chi connectivity index (χ4n) is 1.26. The third kappa shape index (κ3) is 7.16. The van der Waals surface area contributed by atoms with Crippen LogP contribution in [0.2, 0.25) is 0 Å². The highest BCUT2D eigenvalue weighted by atomic mass is 16.4. The molecule has 0 aliphatic rings. The summed E-state index contributed by atoms with van der Waals surface area (Å²) in [7, 11) is 0. The van der Waals surface area contributed by atoms with Crippen LogP contribution in [-0.2, 0) is 9.59 Å². The zero-order chi connectivity index (χ0) is 15.7. The molecule has 7 nitrogen and oxygen atoms in total. The summed E-state index contributed by atoms with van der Waals surface area (Å²) in [5.74, 6) is -2.13. The molecule has 7 heteroatoms. The number of carbonyl (C=O) groups is 2. The number of aromatic hydroxyl groups is 1. The molecule has 0 aromatic heterocycles. The van der Waals surface area contributed by atoms with E-state index in [1.165, 1.54) is 30.5 Å². The van der Waals surface area contributed by atoms with Gasteiger partial charge in [0.25, 0.3) is 0 Å². The Balaban J connectivity index is 2.72. The molecule has 0 radical (unpaired) electrons. The van der Waals surface area contributed by atoms with E-state index in [4.69, 9.17) is 15.3 Å². The number of aliphatic carboxylic acids is 2.